The SMILES string of the molecule is CCCCCCCCSCC(C(=O)OC)c1nc(N)c2ncn([C@H]3C[C@H](O[Si](C)(C)C(C)(C)C)[C@@H](CO[Si](C)(C)C(C)(C)C)O3)c2n1. The molecule has 0 radical (unpaired) electrons. The lowest BCUT2D eigenvalue weighted by atomic mass is 10.1. The molecule has 0 saturated carbocycles. The second-order valence-electron chi connectivity index (χ2n) is 16.1. The van der Waals surface area contributed by atoms with E-state index in [0.717, 1.165) is 12.2 Å². The van der Waals surface area contributed by atoms with E-state index in [1.807, 2.05) is 4.57 Å². The van der Waals surface area contributed by atoms with E-state index in [4.69, 9.17) is 29.0 Å². The van der Waals surface area contributed by atoms with Crippen molar-refractivity contribution in [3.63, 3.8) is 0 Å². The predicted octanol–water partition coefficient (Wildman–Crippen LogP) is 8.46. The van der Waals surface area contributed by atoms with Gasteiger partial charge in [-0.3, -0.25) is 9.36 Å². The lowest BCUT2D eigenvalue weighted by Crippen LogP contribution is -2.48. The van der Waals surface area contributed by atoms with Crippen LogP contribution < -0.4 is 5.73 Å². The molecule has 1 unspecified atom stereocenters. The number of imidazole rings is 1. The number of hydrogen-bond acceptors (Lipinski definition) is 10. The van der Waals surface area contributed by atoms with Crippen LogP contribution >= 0.6 is 11.8 Å². The summed E-state index contributed by atoms with van der Waals surface area (Å²) in [6, 6.07) is 0. The van der Waals surface area contributed by atoms with Gasteiger partial charge >= 0.3 is 5.97 Å². The first-order valence-corrected chi connectivity index (χ1v) is 24.4. The van der Waals surface area contributed by atoms with Gasteiger partial charge in [0.05, 0.1) is 26.1 Å². The Morgan fingerprint density at radius 1 is 1.04 bits per heavy atom. The topological polar surface area (TPSA) is 124 Å². The van der Waals surface area contributed by atoms with Crippen LogP contribution in [-0.4, -0.2) is 79.6 Å². The maximum atomic E-state index is 13.0. The zero-order chi connectivity index (χ0) is 35.2. The molecule has 2 aromatic rings. The summed E-state index contributed by atoms with van der Waals surface area (Å²) in [6.07, 6.45) is 8.94. The molecule has 0 amide bonds. The minimum Gasteiger partial charge on any atom is -0.468 e. The third kappa shape index (κ3) is 10.3. The molecular weight excluding hydrogens is 647 g/mol. The quantitative estimate of drug-likeness (QED) is 0.0972. The number of nitrogens with zero attached hydrogens (tertiary/aromatic N) is 4. The van der Waals surface area contributed by atoms with Crippen molar-refractivity contribution < 1.29 is 23.1 Å². The fraction of sp³-hybridized carbons (Fsp3) is 0.824. The number of thioether (sulfide) groups is 1. The van der Waals surface area contributed by atoms with Crippen LogP contribution in [0.5, 0.6) is 0 Å². The van der Waals surface area contributed by atoms with Crippen molar-refractivity contribution in [2.45, 2.75) is 154 Å². The second kappa shape index (κ2) is 16.5. The Bertz CT molecular complexity index is 1310. The number of esters is 1. The standard InChI is InChI=1S/C34H63N5O5SSi2/c1-13-14-15-16-17-18-19-45-22-24(32(40)41-8)30-37-29(35)28-31(38-30)39(23-36-28)27-20-25(44-47(11,12)34(5,6)7)26(43-27)21-42-46(9,10)33(2,3)4/h23-27H,13-22H2,1-12H3,(H2,35,37,38)/t24?,25-,26+,27+/m0/s1. The Hall–Kier alpha value is -1.52. The lowest BCUT2D eigenvalue weighted by Gasteiger charge is -2.40. The van der Waals surface area contributed by atoms with E-state index in [0.29, 0.717) is 35.8 Å². The van der Waals surface area contributed by atoms with Crippen molar-refractivity contribution in [2.75, 3.05) is 31.0 Å². The third-order valence-electron chi connectivity index (χ3n) is 10.3. The third-order valence-corrected chi connectivity index (χ3v) is 20.5. The number of nitrogen functional groups attached to an aromatic ring is 1. The molecule has 10 nitrogen and oxygen atoms in total. The van der Waals surface area contributed by atoms with Gasteiger partial charge < -0.3 is 24.1 Å². The molecule has 0 bridgehead atoms. The normalized spacial score (nSPS) is 20.2. The number of hydrogen-bond donors (Lipinski definition) is 1. The molecule has 1 aliphatic rings. The van der Waals surface area contributed by atoms with Gasteiger partial charge in [-0.25, -0.2) is 15.0 Å². The van der Waals surface area contributed by atoms with Crippen LogP contribution in [0, 0.1) is 0 Å². The average molecular weight is 710 g/mol. The molecule has 2 aromatic heterocycles. The van der Waals surface area contributed by atoms with Gasteiger partial charge in [0.15, 0.2) is 28.1 Å². The van der Waals surface area contributed by atoms with Crippen LogP contribution in [0.25, 0.3) is 11.2 Å². The molecule has 1 saturated heterocycles. The number of nitrogens with two attached hydrogens (primary N) is 1. The Kier molecular flexibility index (Phi) is 14.0. The van der Waals surface area contributed by atoms with E-state index >= 15 is 0 Å². The smallest absolute Gasteiger partial charge is 0.317 e. The lowest BCUT2D eigenvalue weighted by molar-refractivity contribution is -0.142. The number of carbonyl (C=O) groups excluding carboxylic acids is 1. The number of anilines is 1. The second-order valence-corrected chi connectivity index (χ2v) is 26.8. The summed E-state index contributed by atoms with van der Waals surface area (Å²) in [5.41, 5.74) is 7.48. The predicted molar refractivity (Wildman–Crippen MR) is 199 cm³/mol. The molecule has 0 spiro atoms. The number of rotatable bonds is 17. The van der Waals surface area contributed by atoms with Crippen LogP contribution in [0.2, 0.25) is 36.3 Å². The van der Waals surface area contributed by atoms with Gasteiger partial charge in [0, 0.05) is 12.2 Å². The van der Waals surface area contributed by atoms with Crippen LogP contribution in [0.1, 0.15) is 111 Å². The molecule has 1 aliphatic heterocycles. The van der Waals surface area contributed by atoms with Gasteiger partial charge in [0.25, 0.3) is 0 Å². The number of unbranched alkanes of at least 4 members (excludes halogenated alkanes) is 5. The molecule has 268 valence electrons. The zero-order valence-corrected chi connectivity index (χ0v) is 34.1. The molecule has 1 fully saturated rings. The number of aromatic nitrogens is 4. The summed E-state index contributed by atoms with van der Waals surface area (Å²) in [5, 5.41) is 0.124. The Morgan fingerprint density at radius 2 is 1.68 bits per heavy atom. The Labute approximate surface area is 290 Å². The van der Waals surface area contributed by atoms with Gasteiger partial charge in [0.2, 0.25) is 0 Å². The minimum atomic E-state index is -2.12. The molecule has 2 N–H and O–H groups in total. The van der Waals surface area contributed by atoms with Gasteiger partial charge in [-0.05, 0) is 48.4 Å². The first kappa shape index (κ1) is 39.9. The summed E-state index contributed by atoms with van der Waals surface area (Å²) in [4.78, 5) is 27.0. The zero-order valence-electron chi connectivity index (χ0n) is 31.3. The summed E-state index contributed by atoms with van der Waals surface area (Å²) in [6.45, 7) is 25.3. The molecule has 47 heavy (non-hydrogen) atoms. The first-order chi connectivity index (χ1) is 21.8. The van der Waals surface area contributed by atoms with Crippen molar-refractivity contribution in [1.29, 1.82) is 0 Å². The van der Waals surface area contributed by atoms with Gasteiger partial charge in [0.1, 0.15) is 29.6 Å². The summed E-state index contributed by atoms with van der Waals surface area (Å²) in [5.74, 6) is 1.08. The van der Waals surface area contributed by atoms with Crippen molar-refractivity contribution in [3.05, 3.63) is 12.2 Å². The number of fused-ring (bicyclic) bond motifs is 1. The maximum Gasteiger partial charge on any atom is 0.317 e. The van der Waals surface area contributed by atoms with E-state index < -0.39 is 22.6 Å². The van der Waals surface area contributed by atoms with Crippen molar-refractivity contribution >= 4 is 51.3 Å². The molecular formula is C34H63N5O5SSi2. The summed E-state index contributed by atoms with van der Waals surface area (Å²) < 4.78 is 27.5. The summed E-state index contributed by atoms with van der Waals surface area (Å²) >= 11 is 1.73. The van der Waals surface area contributed by atoms with Crippen LogP contribution in [-0.2, 0) is 23.1 Å². The fourth-order valence-corrected chi connectivity index (χ4v) is 8.57. The van der Waals surface area contributed by atoms with E-state index in [2.05, 4.69) is 84.6 Å². The molecule has 3 heterocycles. The van der Waals surface area contributed by atoms with Gasteiger partial charge in [-0.1, -0.05) is 80.6 Å². The van der Waals surface area contributed by atoms with E-state index in [9.17, 15) is 4.79 Å². The van der Waals surface area contributed by atoms with E-state index in [1.165, 1.54) is 39.2 Å². The van der Waals surface area contributed by atoms with Crippen molar-refractivity contribution in [1.82, 2.24) is 19.5 Å². The number of methoxy groups -OCH3 is 1. The van der Waals surface area contributed by atoms with Crippen molar-refractivity contribution in [3.8, 4) is 0 Å². The van der Waals surface area contributed by atoms with E-state index in [-0.39, 0.29) is 40.3 Å². The van der Waals surface area contributed by atoms with Crippen LogP contribution in [0.15, 0.2) is 6.33 Å². The fourth-order valence-electron chi connectivity index (χ4n) is 5.11. The highest BCUT2D eigenvalue weighted by Crippen LogP contribution is 2.43. The van der Waals surface area contributed by atoms with Crippen LogP contribution in [0.4, 0.5) is 5.82 Å². The Balaban J connectivity index is 1.87. The molecule has 13 heteroatoms. The molecule has 4 atom stereocenters. The largest absolute Gasteiger partial charge is 0.468 e. The minimum absolute atomic E-state index is 0.0458. The molecule has 3 rings (SSSR count). The average Bonchev–Trinajstić information content (AvgIpc) is 3.57. The monoisotopic (exact) mass is 709 g/mol. The molecule has 0 aromatic carbocycles. The highest BCUT2D eigenvalue weighted by Gasteiger charge is 2.47. The van der Waals surface area contributed by atoms with Gasteiger partial charge in [-0.2, -0.15) is 11.8 Å². The highest BCUT2D eigenvalue weighted by atomic mass is 32.2. The Morgan fingerprint density at radius 3 is 2.30 bits per heavy atom. The van der Waals surface area contributed by atoms with E-state index in [1.54, 1.807) is 18.1 Å². The molecule has 0 aliphatic carbocycles. The van der Waals surface area contributed by atoms with Gasteiger partial charge in [-0.15, -0.1) is 0 Å². The van der Waals surface area contributed by atoms with Crippen LogP contribution in [0.3, 0.4) is 0 Å². The highest BCUT2D eigenvalue weighted by molar-refractivity contribution is 7.99. The maximum absolute atomic E-state index is 13.0. The first-order valence-electron chi connectivity index (χ1n) is 17.5. The van der Waals surface area contributed by atoms with Crippen molar-refractivity contribution in [2.24, 2.45) is 0 Å². The number of carbonyl (C=O) groups is 1. The number of ether oxygens (including phenoxy) is 2. The summed E-state index contributed by atoms with van der Waals surface area (Å²) in [7, 11) is -2.74.